The van der Waals surface area contributed by atoms with E-state index < -0.39 is 11.5 Å². The summed E-state index contributed by atoms with van der Waals surface area (Å²) < 4.78 is 0. The maximum Gasteiger partial charge on any atom is 0.329 e. The van der Waals surface area contributed by atoms with Crippen LogP contribution in [0.5, 0.6) is 0 Å². The molecule has 0 unspecified atom stereocenters. The van der Waals surface area contributed by atoms with Crippen LogP contribution in [-0.2, 0) is 9.59 Å². The largest absolute Gasteiger partial charge is 0.480 e. The van der Waals surface area contributed by atoms with Gasteiger partial charge in [0.2, 0.25) is 5.91 Å². The van der Waals surface area contributed by atoms with E-state index in [2.05, 4.69) is 18.3 Å². The molecule has 5 heteroatoms. The van der Waals surface area contributed by atoms with E-state index in [-0.39, 0.29) is 23.7 Å². The van der Waals surface area contributed by atoms with Crippen molar-refractivity contribution in [3.8, 4) is 0 Å². The molecular formula is C15H19NO3S. The predicted molar refractivity (Wildman–Crippen MR) is 76.8 cm³/mol. The van der Waals surface area contributed by atoms with Crippen LogP contribution in [-0.4, -0.2) is 22.5 Å². The van der Waals surface area contributed by atoms with Gasteiger partial charge in [0, 0.05) is 16.7 Å². The molecule has 0 aliphatic heterocycles. The second kappa shape index (κ2) is 4.58. The van der Waals surface area contributed by atoms with Crippen LogP contribution in [0.2, 0.25) is 0 Å². The molecule has 1 aromatic heterocycles. The Kier molecular flexibility index (Phi) is 3.12. The number of amides is 1. The molecule has 20 heavy (non-hydrogen) atoms. The fourth-order valence-corrected chi connectivity index (χ4v) is 3.99. The van der Waals surface area contributed by atoms with Crippen molar-refractivity contribution in [1.82, 2.24) is 5.32 Å². The topological polar surface area (TPSA) is 66.4 Å². The lowest BCUT2D eigenvalue weighted by molar-refractivity contribution is -0.148. The van der Waals surface area contributed by atoms with E-state index in [1.54, 1.807) is 18.3 Å². The van der Waals surface area contributed by atoms with Crippen molar-refractivity contribution in [3.63, 3.8) is 0 Å². The van der Waals surface area contributed by atoms with E-state index in [1.807, 2.05) is 5.38 Å². The molecule has 2 N–H and O–H groups in total. The third kappa shape index (κ3) is 2.24. The Balaban J connectivity index is 1.66. The number of carbonyl (C=O) groups excluding carboxylic acids is 1. The minimum absolute atomic E-state index is 0.0511. The maximum absolute atomic E-state index is 12.3. The lowest BCUT2D eigenvalue weighted by Crippen LogP contribution is -2.54. The third-order valence-electron chi connectivity index (χ3n) is 4.59. The minimum atomic E-state index is -1.09. The Morgan fingerprint density at radius 3 is 2.65 bits per heavy atom. The first-order chi connectivity index (χ1) is 9.43. The first-order valence-corrected chi connectivity index (χ1v) is 7.91. The Hall–Kier alpha value is -1.36. The molecule has 2 fully saturated rings. The smallest absolute Gasteiger partial charge is 0.329 e. The molecule has 108 valence electrons. The Bertz CT molecular complexity index is 563. The molecule has 0 spiro atoms. The second-order valence-electron chi connectivity index (χ2n) is 6.19. The third-order valence-corrected chi connectivity index (χ3v) is 5.74. The Labute approximate surface area is 122 Å². The van der Waals surface area contributed by atoms with Crippen LogP contribution in [0.3, 0.4) is 0 Å². The van der Waals surface area contributed by atoms with E-state index in [9.17, 15) is 14.7 Å². The number of aryl methyl sites for hydroxylation is 1. The molecule has 0 saturated heterocycles. The maximum atomic E-state index is 12.3. The van der Waals surface area contributed by atoms with E-state index in [0.717, 1.165) is 19.3 Å². The average molecular weight is 293 g/mol. The second-order valence-corrected chi connectivity index (χ2v) is 7.14. The van der Waals surface area contributed by atoms with Crippen molar-refractivity contribution in [3.05, 3.63) is 21.9 Å². The molecule has 2 aliphatic rings. The zero-order valence-electron chi connectivity index (χ0n) is 11.7. The average Bonchev–Trinajstić information content (AvgIpc) is 3.28. The van der Waals surface area contributed by atoms with Crippen molar-refractivity contribution >= 4 is 23.2 Å². The first-order valence-electron chi connectivity index (χ1n) is 7.03. The van der Waals surface area contributed by atoms with Crippen LogP contribution < -0.4 is 5.32 Å². The molecule has 4 nitrogen and oxygen atoms in total. The monoisotopic (exact) mass is 293 g/mol. The predicted octanol–water partition coefficient (Wildman–Crippen LogP) is 2.53. The quantitative estimate of drug-likeness (QED) is 0.876. The SMILES string of the molecule is Cc1ccsc1[C@@H]1C[C@@H]1C(=O)N[C@@](C)(C(=O)O)C1CC1. The minimum Gasteiger partial charge on any atom is -0.480 e. The molecule has 1 heterocycles. The summed E-state index contributed by atoms with van der Waals surface area (Å²) in [4.78, 5) is 25.0. The molecule has 2 saturated carbocycles. The molecule has 1 amide bonds. The van der Waals surface area contributed by atoms with Gasteiger partial charge in [-0.3, -0.25) is 4.79 Å². The van der Waals surface area contributed by atoms with E-state index in [0.29, 0.717) is 0 Å². The van der Waals surface area contributed by atoms with E-state index in [1.165, 1.54) is 10.4 Å². The van der Waals surface area contributed by atoms with Gasteiger partial charge in [-0.1, -0.05) is 0 Å². The molecule has 3 atom stereocenters. The van der Waals surface area contributed by atoms with Crippen molar-refractivity contribution in [2.45, 2.75) is 44.6 Å². The number of nitrogens with one attached hydrogen (secondary N) is 1. The summed E-state index contributed by atoms with van der Waals surface area (Å²) in [5.74, 6) is -0.695. The lowest BCUT2D eigenvalue weighted by atomic mass is 9.95. The number of hydrogen-bond acceptors (Lipinski definition) is 3. The van der Waals surface area contributed by atoms with Crippen LogP contribution in [0.15, 0.2) is 11.4 Å². The van der Waals surface area contributed by atoms with Crippen molar-refractivity contribution in [2.75, 3.05) is 0 Å². The van der Waals surface area contributed by atoms with Gasteiger partial charge in [0.05, 0.1) is 0 Å². The molecule has 1 aromatic rings. The van der Waals surface area contributed by atoms with Gasteiger partial charge in [-0.05, 0) is 56.0 Å². The number of aliphatic carboxylic acids is 1. The summed E-state index contributed by atoms with van der Waals surface area (Å²) in [6.07, 6.45) is 2.62. The van der Waals surface area contributed by atoms with Gasteiger partial charge in [0.1, 0.15) is 5.54 Å². The van der Waals surface area contributed by atoms with Crippen LogP contribution >= 0.6 is 11.3 Å². The highest BCUT2D eigenvalue weighted by molar-refractivity contribution is 7.10. The van der Waals surface area contributed by atoms with Gasteiger partial charge in [0.25, 0.3) is 0 Å². The van der Waals surface area contributed by atoms with Crippen LogP contribution in [0.25, 0.3) is 0 Å². The zero-order valence-corrected chi connectivity index (χ0v) is 12.5. The lowest BCUT2D eigenvalue weighted by Gasteiger charge is -2.26. The van der Waals surface area contributed by atoms with Gasteiger partial charge in [-0.15, -0.1) is 11.3 Å². The Morgan fingerprint density at radius 1 is 1.45 bits per heavy atom. The molecule has 0 aromatic carbocycles. The van der Waals surface area contributed by atoms with Crippen molar-refractivity contribution < 1.29 is 14.7 Å². The van der Waals surface area contributed by atoms with Crippen LogP contribution in [0.4, 0.5) is 0 Å². The number of thiophene rings is 1. The van der Waals surface area contributed by atoms with Gasteiger partial charge in [-0.2, -0.15) is 0 Å². The molecule has 0 bridgehead atoms. The molecular weight excluding hydrogens is 274 g/mol. The standard InChI is InChI=1S/C15H19NO3S/c1-8-5-6-20-12(8)10-7-11(10)13(17)16-15(2,14(18)19)9-3-4-9/h5-6,9-11H,3-4,7H2,1-2H3,(H,16,17)(H,18,19)/t10-,11+,15-/m1/s1. The van der Waals surface area contributed by atoms with Gasteiger partial charge < -0.3 is 10.4 Å². The fraction of sp³-hybridized carbons (Fsp3) is 0.600. The van der Waals surface area contributed by atoms with Crippen LogP contribution in [0.1, 0.15) is 42.5 Å². The van der Waals surface area contributed by atoms with Gasteiger partial charge >= 0.3 is 5.97 Å². The van der Waals surface area contributed by atoms with Gasteiger partial charge in [0.15, 0.2) is 0 Å². The highest BCUT2D eigenvalue weighted by atomic mass is 32.1. The number of rotatable bonds is 5. The summed E-state index contributed by atoms with van der Waals surface area (Å²) in [6.45, 7) is 3.70. The van der Waals surface area contributed by atoms with E-state index in [4.69, 9.17) is 0 Å². The summed E-state index contributed by atoms with van der Waals surface area (Å²) >= 11 is 1.69. The molecule has 0 radical (unpaired) electrons. The summed E-state index contributed by atoms with van der Waals surface area (Å²) in [6, 6.07) is 2.07. The van der Waals surface area contributed by atoms with Crippen LogP contribution in [0, 0.1) is 18.8 Å². The van der Waals surface area contributed by atoms with Gasteiger partial charge in [-0.25, -0.2) is 4.79 Å². The summed E-state index contributed by atoms with van der Waals surface area (Å²) in [7, 11) is 0. The highest BCUT2D eigenvalue weighted by Gasteiger charge is 2.52. The fourth-order valence-electron chi connectivity index (χ4n) is 2.88. The first kappa shape index (κ1) is 13.6. The highest BCUT2D eigenvalue weighted by Crippen LogP contribution is 2.51. The number of carboxylic acid groups (broad SMARTS) is 1. The molecule has 3 rings (SSSR count). The summed E-state index contributed by atoms with van der Waals surface area (Å²) in [5.41, 5.74) is 0.146. The van der Waals surface area contributed by atoms with Crippen molar-refractivity contribution in [2.24, 2.45) is 11.8 Å². The number of carbonyl (C=O) groups is 2. The Morgan fingerprint density at radius 2 is 2.15 bits per heavy atom. The molecule has 2 aliphatic carbocycles. The zero-order chi connectivity index (χ0) is 14.5. The normalized spacial score (nSPS) is 27.7. The number of carboxylic acids is 1. The number of hydrogen-bond donors (Lipinski definition) is 2. The summed E-state index contributed by atoms with van der Waals surface area (Å²) in [5, 5.41) is 14.2. The van der Waals surface area contributed by atoms with Crippen molar-refractivity contribution in [1.29, 1.82) is 0 Å². The van der Waals surface area contributed by atoms with E-state index >= 15 is 0 Å².